The van der Waals surface area contributed by atoms with Crippen molar-refractivity contribution >= 4 is 18.0 Å². The number of rotatable bonds is 4. The molecule has 3 unspecified atom stereocenters. The van der Waals surface area contributed by atoms with E-state index in [9.17, 15) is 9.59 Å². The molecule has 0 radical (unpaired) electrons. The van der Waals surface area contributed by atoms with Gasteiger partial charge in [-0.3, -0.25) is 9.59 Å². The molecule has 4 heteroatoms. The monoisotopic (exact) mass is 358 g/mol. The Balaban J connectivity index is 2.42. The van der Waals surface area contributed by atoms with Gasteiger partial charge in [0.15, 0.2) is 0 Å². The topological polar surface area (TPSA) is 52.6 Å². The summed E-state index contributed by atoms with van der Waals surface area (Å²) < 4.78 is 10.9. The Hall–Kier alpha value is -2.10. The first-order valence-corrected chi connectivity index (χ1v) is 9.33. The SMILES string of the molecule is CCOC(=O)C(C)C1=Cc2ccccc2C(C)C(C(=O)OC(C)(C)C)C1. The van der Waals surface area contributed by atoms with Crippen molar-refractivity contribution in [1.29, 1.82) is 0 Å². The Morgan fingerprint density at radius 3 is 2.50 bits per heavy atom. The van der Waals surface area contributed by atoms with Crippen molar-refractivity contribution in [2.75, 3.05) is 6.61 Å². The maximum Gasteiger partial charge on any atom is 0.312 e. The highest BCUT2D eigenvalue weighted by Crippen LogP contribution is 2.39. The van der Waals surface area contributed by atoms with Crippen molar-refractivity contribution in [3.63, 3.8) is 0 Å². The number of benzene rings is 1. The summed E-state index contributed by atoms with van der Waals surface area (Å²) in [4.78, 5) is 25.2. The maximum atomic E-state index is 12.9. The van der Waals surface area contributed by atoms with Crippen LogP contribution in [-0.4, -0.2) is 24.1 Å². The lowest BCUT2D eigenvalue weighted by atomic mass is 9.83. The molecular weight excluding hydrogens is 328 g/mol. The molecule has 142 valence electrons. The number of carbonyl (C=O) groups is 2. The summed E-state index contributed by atoms with van der Waals surface area (Å²) in [6, 6.07) is 8.03. The van der Waals surface area contributed by atoms with E-state index in [2.05, 4.69) is 6.92 Å². The van der Waals surface area contributed by atoms with Crippen LogP contribution in [0.3, 0.4) is 0 Å². The zero-order valence-electron chi connectivity index (χ0n) is 16.7. The third-order valence-electron chi connectivity index (χ3n) is 4.79. The van der Waals surface area contributed by atoms with Gasteiger partial charge >= 0.3 is 11.9 Å². The Bertz CT molecular complexity index is 696. The van der Waals surface area contributed by atoms with Crippen molar-refractivity contribution in [1.82, 2.24) is 0 Å². The summed E-state index contributed by atoms with van der Waals surface area (Å²) in [6.45, 7) is 11.7. The molecule has 4 nitrogen and oxygen atoms in total. The third kappa shape index (κ3) is 4.75. The van der Waals surface area contributed by atoms with E-state index in [1.807, 2.05) is 58.0 Å². The molecule has 2 rings (SSSR count). The maximum absolute atomic E-state index is 12.9. The van der Waals surface area contributed by atoms with E-state index >= 15 is 0 Å². The van der Waals surface area contributed by atoms with Gasteiger partial charge in [0.05, 0.1) is 18.4 Å². The average Bonchev–Trinajstić information content (AvgIpc) is 2.70. The van der Waals surface area contributed by atoms with Gasteiger partial charge in [0.25, 0.3) is 0 Å². The van der Waals surface area contributed by atoms with Gasteiger partial charge in [-0.05, 0) is 58.1 Å². The largest absolute Gasteiger partial charge is 0.466 e. The predicted molar refractivity (Wildman–Crippen MR) is 103 cm³/mol. The fourth-order valence-electron chi connectivity index (χ4n) is 3.35. The van der Waals surface area contributed by atoms with Crippen LogP contribution in [-0.2, 0) is 19.1 Å². The first-order chi connectivity index (χ1) is 12.1. The quantitative estimate of drug-likeness (QED) is 0.730. The molecule has 0 fully saturated rings. The molecule has 0 spiro atoms. The summed E-state index contributed by atoms with van der Waals surface area (Å²) in [5, 5.41) is 0. The Labute approximate surface area is 156 Å². The molecule has 0 saturated carbocycles. The third-order valence-corrected chi connectivity index (χ3v) is 4.79. The second-order valence-electron chi connectivity index (χ2n) is 7.95. The number of carbonyl (C=O) groups excluding carboxylic acids is 2. The van der Waals surface area contributed by atoms with E-state index in [4.69, 9.17) is 9.47 Å². The van der Waals surface area contributed by atoms with Crippen LogP contribution in [0, 0.1) is 11.8 Å². The summed E-state index contributed by atoms with van der Waals surface area (Å²) >= 11 is 0. The molecule has 3 atom stereocenters. The van der Waals surface area contributed by atoms with Crippen molar-refractivity contribution in [3.8, 4) is 0 Å². The Morgan fingerprint density at radius 1 is 1.23 bits per heavy atom. The second kappa shape index (κ2) is 8.07. The second-order valence-corrected chi connectivity index (χ2v) is 7.95. The van der Waals surface area contributed by atoms with E-state index < -0.39 is 11.5 Å². The molecule has 1 aliphatic rings. The van der Waals surface area contributed by atoms with Gasteiger partial charge in [0.1, 0.15) is 5.60 Å². The summed E-state index contributed by atoms with van der Waals surface area (Å²) in [6.07, 6.45) is 2.53. The Kier molecular flexibility index (Phi) is 6.27. The van der Waals surface area contributed by atoms with E-state index in [-0.39, 0.29) is 23.8 Å². The lowest BCUT2D eigenvalue weighted by molar-refractivity contribution is -0.161. The van der Waals surface area contributed by atoms with E-state index in [0.717, 1.165) is 16.7 Å². The predicted octanol–water partition coefficient (Wildman–Crippen LogP) is 4.73. The number of fused-ring (bicyclic) bond motifs is 1. The molecule has 0 N–H and O–H groups in total. The van der Waals surface area contributed by atoms with Crippen LogP contribution in [0.15, 0.2) is 29.8 Å². The van der Waals surface area contributed by atoms with Gasteiger partial charge in [-0.15, -0.1) is 0 Å². The van der Waals surface area contributed by atoms with Crippen molar-refractivity contribution in [2.24, 2.45) is 11.8 Å². The minimum atomic E-state index is -0.542. The lowest BCUT2D eigenvalue weighted by Crippen LogP contribution is -2.32. The van der Waals surface area contributed by atoms with Gasteiger partial charge in [-0.1, -0.05) is 42.8 Å². The zero-order valence-corrected chi connectivity index (χ0v) is 16.7. The Morgan fingerprint density at radius 2 is 1.88 bits per heavy atom. The summed E-state index contributed by atoms with van der Waals surface area (Å²) in [5.74, 6) is -1.19. The fourth-order valence-corrected chi connectivity index (χ4v) is 3.35. The standard InChI is InChI=1S/C22H30O4/c1-7-25-20(23)14(2)17-12-16-10-8-9-11-18(16)15(3)19(13-17)21(24)26-22(4,5)6/h8-12,14-15,19H,7,13H2,1-6H3. The van der Waals surface area contributed by atoms with Crippen LogP contribution in [0.1, 0.15) is 65.0 Å². The van der Waals surface area contributed by atoms with Gasteiger partial charge in [-0.25, -0.2) is 0 Å². The molecule has 0 aliphatic heterocycles. The highest BCUT2D eigenvalue weighted by Gasteiger charge is 2.36. The van der Waals surface area contributed by atoms with Crippen LogP contribution in [0.2, 0.25) is 0 Å². The highest BCUT2D eigenvalue weighted by molar-refractivity contribution is 5.81. The minimum absolute atomic E-state index is 0.00388. The van der Waals surface area contributed by atoms with Gasteiger partial charge < -0.3 is 9.47 Å². The number of hydrogen-bond acceptors (Lipinski definition) is 4. The van der Waals surface area contributed by atoms with Crippen LogP contribution in [0.25, 0.3) is 6.08 Å². The molecule has 0 saturated heterocycles. The molecule has 0 heterocycles. The average molecular weight is 358 g/mol. The first kappa shape index (κ1) is 20.2. The van der Waals surface area contributed by atoms with Gasteiger partial charge in [0, 0.05) is 0 Å². The first-order valence-electron chi connectivity index (χ1n) is 9.33. The lowest BCUT2D eigenvalue weighted by Gasteiger charge is -2.28. The van der Waals surface area contributed by atoms with Crippen LogP contribution in [0.5, 0.6) is 0 Å². The molecular formula is C22H30O4. The smallest absolute Gasteiger partial charge is 0.312 e. The molecule has 1 aromatic carbocycles. The molecule has 1 aliphatic carbocycles. The van der Waals surface area contributed by atoms with Crippen LogP contribution < -0.4 is 0 Å². The number of ether oxygens (including phenoxy) is 2. The highest BCUT2D eigenvalue weighted by atomic mass is 16.6. The van der Waals surface area contributed by atoms with E-state index in [1.54, 1.807) is 6.92 Å². The van der Waals surface area contributed by atoms with E-state index in [0.29, 0.717) is 13.0 Å². The zero-order chi connectivity index (χ0) is 19.5. The summed E-state index contributed by atoms with van der Waals surface area (Å²) in [5.41, 5.74) is 2.53. The number of hydrogen-bond donors (Lipinski definition) is 0. The molecule has 0 amide bonds. The molecule has 26 heavy (non-hydrogen) atoms. The van der Waals surface area contributed by atoms with Crippen molar-refractivity contribution < 1.29 is 19.1 Å². The van der Waals surface area contributed by atoms with Crippen molar-refractivity contribution in [2.45, 2.75) is 59.5 Å². The fraction of sp³-hybridized carbons (Fsp3) is 0.545. The molecule has 0 bridgehead atoms. The molecule has 0 aromatic heterocycles. The van der Waals surface area contributed by atoms with Crippen LogP contribution >= 0.6 is 0 Å². The van der Waals surface area contributed by atoms with Gasteiger partial charge in [-0.2, -0.15) is 0 Å². The molecule has 1 aromatic rings. The minimum Gasteiger partial charge on any atom is -0.466 e. The van der Waals surface area contributed by atoms with Crippen molar-refractivity contribution in [3.05, 3.63) is 41.0 Å². The summed E-state index contributed by atoms with van der Waals surface area (Å²) in [7, 11) is 0. The normalized spacial score (nSPS) is 21.1. The number of esters is 2. The van der Waals surface area contributed by atoms with E-state index in [1.165, 1.54) is 0 Å². The van der Waals surface area contributed by atoms with Crippen LogP contribution in [0.4, 0.5) is 0 Å². The van der Waals surface area contributed by atoms with Gasteiger partial charge in [0.2, 0.25) is 0 Å².